The lowest BCUT2D eigenvalue weighted by Crippen LogP contribution is -2.53. The summed E-state index contributed by atoms with van der Waals surface area (Å²) in [6, 6.07) is 5.29. The van der Waals surface area contributed by atoms with E-state index in [0.717, 1.165) is 5.56 Å². The number of likely N-dealkylation sites (tertiary alicyclic amines) is 1. The van der Waals surface area contributed by atoms with Gasteiger partial charge in [-0.1, -0.05) is 18.2 Å². The largest absolute Gasteiger partial charge is 0.496 e. The van der Waals surface area contributed by atoms with E-state index in [1.165, 1.54) is 11.8 Å². The molecule has 2 N–H and O–H groups in total. The van der Waals surface area contributed by atoms with Crippen LogP contribution in [0.3, 0.4) is 0 Å². The molecule has 0 aromatic heterocycles. The molecule has 0 aliphatic carbocycles. The van der Waals surface area contributed by atoms with Crippen LogP contribution >= 0.6 is 11.8 Å². The minimum Gasteiger partial charge on any atom is -0.496 e. The van der Waals surface area contributed by atoms with Gasteiger partial charge in [-0.05, 0) is 25.2 Å². The summed E-state index contributed by atoms with van der Waals surface area (Å²) >= 11 is 1.42. The molecule has 0 radical (unpaired) electrons. The first-order valence-corrected chi connectivity index (χ1v) is 12.1. The number of para-hydroxylation sites is 1. The molecule has 1 aromatic rings. The molecule has 32 heavy (non-hydrogen) atoms. The highest BCUT2D eigenvalue weighted by atomic mass is 32.2. The van der Waals surface area contributed by atoms with E-state index in [9.17, 15) is 19.2 Å². The van der Waals surface area contributed by atoms with Gasteiger partial charge in [0.15, 0.2) is 0 Å². The number of fused-ring (bicyclic) bond motifs is 2. The van der Waals surface area contributed by atoms with Gasteiger partial charge in [0.05, 0.1) is 25.3 Å². The van der Waals surface area contributed by atoms with Gasteiger partial charge in [0, 0.05) is 24.7 Å². The van der Waals surface area contributed by atoms with Gasteiger partial charge in [-0.25, -0.2) is 0 Å². The van der Waals surface area contributed by atoms with Crippen LogP contribution in [-0.4, -0.2) is 89.8 Å². The number of hydrogen-bond donors (Lipinski definition) is 2. The number of amides is 4. The number of rotatable bonds is 6. The Morgan fingerprint density at radius 3 is 2.81 bits per heavy atom. The van der Waals surface area contributed by atoms with Crippen molar-refractivity contribution < 1.29 is 23.9 Å². The Labute approximate surface area is 191 Å². The molecule has 0 saturated carbocycles. The summed E-state index contributed by atoms with van der Waals surface area (Å²) in [5.41, 5.74) is 0.754. The molecular weight excluding hydrogens is 432 g/mol. The lowest BCUT2D eigenvalue weighted by Gasteiger charge is -2.29. The van der Waals surface area contributed by atoms with E-state index in [4.69, 9.17) is 4.74 Å². The average Bonchev–Trinajstić information content (AvgIpc) is 3.36. The molecule has 0 spiro atoms. The van der Waals surface area contributed by atoms with Gasteiger partial charge in [-0.15, -0.1) is 0 Å². The fourth-order valence-corrected chi connectivity index (χ4v) is 5.27. The molecule has 0 bridgehead atoms. The van der Waals surface area contributed by atoms with E-state index >= 15 is 0 Å². The smallest absolute Gasteiger partial charge is 0.248 e. The second kappa shape index (κ2) is 9.40. The van der Waals surface area contributed by atoms with Gasteiger partial charge in [0.25, 0.3) is 0 Å². The number of nitrogens with one attached hydrogen (secondary N) is 2. The summed E-state index contributed by atoms with van der Waals surface area (Å²) in [6.45, 7) is 0.677. The SMILES string of the molecule is COc1ccccc1CC(=O)N1CC[C@@H]2NC(=O)[C@H]3C[C@H](NC(=O)CSC)CN3C(=O)[C@H]21. The monoisotopic (exact) mass is 460 g/mol. The van der Waals surface area contributed by atoms with Gasteiger partial charge >= 0.3 is 0 Å². The number of ether oxygens (including phenoxy) is 1. The van der Waals surface area contributed by atoms with Gasteiger partial charge in [-0.3, -0.25) is 19.2 Å². The Hall–Kier alpha value is -2.75. The number of thioether (sulfide) groups is 1. The van der Waals surface area contributed by atoms with Crippen molar-refractivity contribution in [3.63, 3.8) is 0 Å². The summed E-state index contributed by atoms with van der Waals surface area (Å²) in [5, 5.41) is 5.88. The van der Waals surface area contributed by atoms with Gasteiger partial charge in [0.1, 0.15) is 17.8 Å². The maximum absolute atomic E-state index is 13.5. The second-order valence-electron chi connectivity index (χ2n) is 8.36. The normalized spacial score (nSPS) is 26.8. The van der Waals surface area contributed by atoms with E-state index in [1.54, 1.807) is 23.0 Å². The molecule has 0 unspecified atom stereocenters. The molecule has 9 nitrogen and oxygen atoms in total. The fourth-order valence-electron chi connectivity index (χ4n) is 4.92. The third kappa shape index (κ3) is 4.28. The number of carbonyl (C=O) groups is 4. The van der Waals surface area contributed by atoms with Crippen molar-refractivity contribution in [2.24, 2.45) is 0 Å². The lowest BCUT2D eigenvalue weighted by molar-refractivity contribution is -0.144. The maximum Gasteiger partial charge on any atom is 0.248 e. The van der Waals surface area contributed by atoms with Gasteiger partial charge in [-0.2, -0.15) is 11.8 Å². The molecule has 3 heterocycles. The predicted octanol–water partition coefficient (Wildman–Crippen LogP) is -0.214. The van der Waals surface area contributed by atoms with Crippen molar-refractivity contribution in [1.82, 2.24) is 20.4 Å². The Kier molecular flexibility index (Phi) is 6.59. The van der Waals surface area contributed by atoms with Crippen LogP contribution in [0.5, 0.6) is 5.75 Å². The van der Waals surface area contributed by atoms with Gasteiger partial charge in [0.2, 0.25) is 23.6 Å². The van der Waals surface area contributed by atoms with Crippen LogP contribution in [0.1, 0.15) is 18.4 Å². The van der Waals surface area contributed by atoms with Crippen molar-refractivity contribution in [2.45, 2.75) is 43.4 Å². The van der Waals surface area contributed by atoms with Gasteiger partial charge < -0.3 is 25.2 Å². The van der Waals surface area contributed by atoms with Crippen molar-refractivity contribution in [3.05, 3.63) is 29.8 Å². The highest BCUT2D eigenvalue weighted by Gasteiger charge is 2.52. The molecule has 3 fully saturated rings. The molecular formula is C22H28N4O5S. The highest BCUT2D eigenvalue weighted by Crippen LogP contribution is 2.30. The number of carbonyl (C=O) groups excluding carboxylic acids is 4. The van der Waals surface area contributed by atoms with Crippen molar-refractivity contribution in [2.75, 3.05) is 32.2 Å². The van der Waals surface area contributed by atoms with Crippen molar-refractivity contribution >= 4 is 35.4 Å². The van der Waals surface area contributed by atoms with Crippen LogP contribution in [-0.2, 0) is 25.6 Å². The number of methoxy groups -OCH3 is 1. The van der Waals surface area contributed by atoms with Crippen LogP contribution in [0, 0.1) is 0 Å². The third-order valence-electron chi connectivity index (χ3n) is 6.36. The van der Waals surface area contributed by atoms with E-state index in [1.807, 2.05) is 24.5 Å². The lowest BCUT2D eigenvalue weighted by atomic mass is 10.1. The Bertz CT molecular complexity index is 925. The van der Waals surface area contributed by atoms with Crippen LogP contribution in [0.15, 0.2) is 24.3 Å². The molecule has 4 rings (SSSR count). The topological polar surface area (TPSA) is 108 Å². The predicted molar refractivity (Wildman–Crippen MR) is 119 cm³/mol. The van der Waals surface area contributed by atoms with Crippen molar-refractivity contribution in [3.8, 4) is 5.75 Å². The summed E-state index contributed by atoms with van der Waals surface area (Å²) in [6.07, 6.45) is 2.88. The summed E-state index contributed by atoms with van der Waals surface area (Å²) in [7, 11) is 1.56. The maximum atomic E-state index is 13.5. The molecule has 4 amide bonds. The second-order valence-corrected chi connectivity index (χ2v) is 9.23. The molecule has 3 aliphatic rings. The molecule has 3 aliphatic heterocycles. The van der Waals surface area contributed by atoms with Crippen molar-refractivity contribution in [1.29, 1.82) is 0 Å². The average molecular weight is 461 g/mol. The first-order chi connectivity index (χ1) is 15.4. The molecule has 10 heteroatoms. The number of benzene rings is 1. The summed E-state index contributed by atoms with van der Waals surface area (Å²) in [5.74, 6) is 0.224. The zero-order valence-corrected chi connectivity index (χ0v) is 19.0. The van der Waals surface area contributed by atoms with E-state index in [-0.39, 0.29) is 42.6 Å². The Morgan fingerprint density at radius 1 is 1.28 bits per heavy atom. The number of nitrogens with zero attached hydrogens (tertiary/aromatic N) is 2. The third-order valence-corrected chi connectivity index (χ3v) is 6.91. The number of hydrogen-bond acceptors (Lipinski definition) is 6. The first kappa shape index (κ1) is 22.4. The molecule has 1 aromatic carbocycles. The standard InChI is InChI=1S/C22H28N4O5S/c1-31-17-6-4-3-5-13(17)9-19(28)25-8-7-15-20(25)22(30)26-11-14(23-18(27)12-32-2)10-16(26)21(29)24-15/h3-6,14-16,20H,7-12H2,1-2H3,(H,23,27)(H,24,29)/t14-,15-,16+,20-/m0/s1. The van der Waals surface area contributed by atoms with E-state index in [0.29, 0.717) is 30.9 Å². The minimum absolute atomic E-state index is 0.111. The zero-order valence-electron chi connectivity index (χ0n) is 18.2. The van der Waals surface area contributed by atoms with E-state index in [2.05, 4.69) is 10.6 Å². The molecule has 172 valence electrons. The minimum atomic E-state index is -0.730. The van der Waals surface area contributed by atoms with Crippen LogP contribution in [0.4, 0.5) is 0 Å². The Balaban J connectivity index is 1.50. The highest BCUT2D eigenvalue weighted by molar-refractivity contribution is 7.99. The van der Waals surface area contributed by atoms with Crippen LogP contribution in [0.25, 0.3) is 0 Å². The molecule has 4 atom stereocenters. The molecule has 3 saturated heterocycles. The fraction of sp³-hybridized carbons (Fsp3) is 0.545. The first-order valence-electron chi connectivity index (χ1n) is 10.7. The zero-order chi connectivity index (χ0) is 22.8. The summed E-state index contributed by atoms with van der Waals surface area (Å²) in [4.78, 5) is 54.6. The van der Waals surface area contributed by atoms with Crippen LogP contribution < -0.4 is 15.4 Å². The van der Waals surface area contributed by atoms with E-state index < -0.39 is 18.1 Å². The Morgan fingerprint density at radius 2 is 2.06 bits per heavy atom. The quantitative estimate of drug-likeness (QED) is 0.608. The van der Waals surface area contributed by atoms with Crippen LogP contribution in [0.2, 0.25) is 0 Å². The summed E-state index contributed by atoms with van der Waals surface area (Å²) < 4.78 is 5.35.